The molecule has 0 radical (unpaired) electrons. The summed E-state index contributed by atoms with van der Waals surface area (Å²) in [6, 6.07) is 4.71. The molecule has 20 heavy (non-hydrogen) atoms. The molecule has 106 valence electrons. The maximum absolute atomic E-state index is 12.0. The van der Waals surface area contributed by atoms with Crippen molar-refractivity contribution < 1.29 is 14.3 Å². The van der Waals surface area contributed by atoms with Crippen LogP contribution in [0.15, 0.2) is 30.4 Å². The summed E-state index contributed by atoms with van der Waals surface area (Å²) in [5, 5.41) is 2.78. The summed E-state index contributed by atoms with van der Waals surface area (Å²) in [6.45, 7) is 0. The number of ether oxygens (including phenoxy) is 1. The lowest BCUT2D eigenvalue weighted by molar-refractivity contribution is -0.116. The zero-order valence-corrected chi connectivity index (χ0v) is 11.4. The quantitative estimate of drug-likeness (QED) is 0.807. The highest BCUT2D eigenvalue weighted by Gasteiger charge is 2.16. The number of benzene rings is 1. The topological polar surface area (TPSA) is 81.4 Å². The van der Waals surface area contributed by atoms with Gasteiger partial charge >= 0.3 is 0 Å². The molecular formula is C15H18N2O3. The second-order valence-electron chi connectivity index (χ2n) is 4.80. The van der Waals surface area contributed by atoms with Crippen LogP contribution in [0.5, 0.6) is 5.75 Å². The van der Waals surface area contributed by atoms with Crippen LogP contribution in [0.2, 0.25) is 0 Å². The van der Waals surface area contributed by atoms with Crippen LogP contribution < -0.4 is 15.8 Å². The van der Waals surface area contributed by atoms with E-state index in [1.807, 2.05) is 0 Å². The first-order chi connectivity index (χ1) is 9.60. The molecule has 1 aliphatic rings. The summed E-state index contributed by atoms with van der Waals surface area (Å²) >= 11 is 0. The van der Waals surface area contributed by atoms with Crippen molar-refractivity contribution in [1.82, 2.24) is 0 Å². The lowest BCUT2D eigenvalue weighted by Gasteiger charge is -2.12. The van der Waals surface area contributed by atoms with Gasteiger partial charge in [0.15, 0.2) is 0 Å². The van der Waals surface area contributed by atoms with Crippen LogP contribution >= 0.6 is 0 Å². The van der Waals surface area contributed by atoms with Crippen LogP contribution in [0, 0.1) is 5.92 Å². The minimum atomic E-state index is -0.540. The van der Waals surface area contributed by atoms with E-state index in [0.717, 1.165) is 12.8 Å². The predicted molar refractivity (Wildman–Crippen MR) is 76.6 cm³/mol. The van der Waals surface area contributed by atoms with Gasteiger partial charge in [0, 0.05) is 12.0 Å². The van der Waals surface area contributed by atoms with Crippen LogP contribution in [0.4, 0.5) is 5.69 Å². The molecule has 0 saturated heterocycles. The van der Waals surface area contributed by atoms with Crippen molar-refractivity contribution in [3.05, 3.63) is 35.9 Å². The van der Waals surface area contributed by atoms with E-state index in [9.17, 15) is 9.59 Å². The van der Waals surface area contributed by atoms with E-state index >= 15 is 0 Å². The second kappa shape index (κ2) is 6.23. The number of amides is 2. The van der Waals surface area contributed by atoms with Gasteiger partial charge in [-0.25, -0.2) is 0 Å². The molecule has 1 aromatic rings. The van der Waals surface area contributed by atoms with Gasteiger partial charge in [0.1, 0.15) is 5.75 Å². The molecule has 1 aliphatic carbocycles. The Hall–Kier alpha value is -2.30. The molecule has 0 saturated carbocycles. The monoisotopic (exact) mass is 274 g/mol. The van der Waals surface area contributed by atoms with Crippen LogP contribution in [0.3, 0.4) is 0 Å². The summed E-state index contributed by atoms with van der Waals surface area (Å²) in [5.74, 6) is 0.161. The average Bonchev–Trinajstić information content (AvgIpc) is 2.91. The number of methoxy groups -OCH3 is 1. The highest BCUT2D eigenvalue weighted by molar-refractivity contribution is 5.97. The number of primary amides is 1. The van der Waals surface area contributed by atoms with E-state index < -0.39 is 5.91 Å². The fourth-order valence-electron chi connectivity index (χ4n) is 2.26. The summed E-state index contributed by atoms with van der Waals surface area (Å²) in [6.07, 6.45) is 6.62. The molecule has 0 aromatic heterocycles. The lowest BCUT2D eigenvalue weighted by atomic mass is 10.0. The van der Waals surface area contributed by atoms with Crippen molar-refractivity contribution in [1.29, 1.82) is 0 Å². The van der Waals surface area contributed by atoms with E-state index in [4.69, 9.17) is 10.5 Å². The van der Waals surface area contributed by atoms with Crippen LogP contribution in [-0.4, -0.2) is 18.9 Å². The minimum Gasteiger partial charge on any atom is -0.495 e. The molecule has 5 heteroatoms. The number of hydrogen-bond donors (Lipinski definition) is 2. The maximum atomic E-state index is 12.0. The molecule has 1 atom stereocenters. The van der Waals surface area contributed by atoms with Gasteiger partial charge in [-0.15, -0.1) is 0 Å². The van der Waals surface area contributed by atoms with E-state index in [1.54, 1.807) is 12.1 Å². The van der Waals surface area contributed by atoms with Gasteiger partial charge in [-0.1, -0.05) is 12.2 Å². The fourth-order valence-corrected chi connectivity index (χ4v) is 2.26. The Morgan fingerprint density at radius 3 is 2.85 bits per heavy atom. The molecule has 0 fully saturated rings. The van der Waals surface area contributed by atoms with Gasteiger partial charge in [0.25, 0.3) is 0 Å². The molecule has 0 spiro atoms. The Balaban J connectivity index is 2.09. The summed E-state index contributed by atoms with van der Waals surface area (Å²) < 4.78 is 5.17. The van der Waals surface area contributed by atoms with Crippen molar-refractivity contribution in [2.24, 2.45) is 11.7 Å². The Kier molecular flexibility index (Phi) is 4.40. The molecule has 0 unspecified atom stereocenters. The van der Waals surface area contributed by atoms with Gasteiger partial charge in [-0.05, 0) is 37.0 Å². The summed E-state index contributed by atoms with van der Waals surface area (Å²) in [4.78, 5) is 23.2. The van der Waals surface area contributed by atoms with E-state index in [0.29, 0.717) is 29.3 Å². The Morgan fingerprint density at radius 2 is 2.25 bits per heavy atom. The minimum absolute atomic E-state index is 0.0959. The number of anilines is 1. The zero-order chi connectivity index (χ0) is 14.5. The van der Waals surface area contributed by atoms with Gasteiger partial charge in [-0.3, -0.25) is 9.59 Å². The molecule has 3 N–H and O–H groups in total. The standard InChI is InChI=1S/C15H18N2O3/c1-20-13-7-6-11(15(16)19)9-12(13)17-14(18)8-10-4-2-3-5-10/h2,4,6-7,9-10H,3,5,8H2,1H3,(H2,16,19)(H,17,18)/t10-/m1/s1. The van der Waals surface area contributed by atoms with E-state index in [-0.39, 0.29) is 5.91 Å². The Bertz CT molecular complexity index is 552. The SMILES string of the molecule is COc1ccc(C(N)=O)cc1NC(=O)C[C@@H]1C=CCC1. The highest BCUT2D eigenvalue weighted by Crippen LogP contribution is 2.27. The molecule has 0 heterocycles. The van der Waals surface area contributed by atoms with Crippen molar-refractivity contribution in [2.75, 3.05) is 12.4 Å². The predicted octanol–water partition coefficient (Wildman–Crippen LogP) is 2.09. The van der Waals surface area contributed by atoms with Gasteiger partial charge in [0.2, 0.25) is 11.8 Å². The number of rotatable bonds is 5. The molecule has 1 aromatic carbocycles. The first-order valence-electron chi connectivity index (χ1n) is 6.54. The highest BCUT2D eigenvalue weighted by atomic mass is 16.5. The number of carbonyl (C=O) groups is 2. The third-order valence-electron chi connectivity index (χ3n) is 3.32. The van der Waals surface area contributed by atoms with Crippen molar-refractivity contribution in [3.63, 3.8) is 0 Å². The number of carbonyl (C=O) groups excluding carboxylic acids is 2. The molecule has 0 bridgehead atoms. The molecule has 2 amide bonds. The number of allylic oxidation sites excluding steroid dienone is 2. The summed E-state index contributed by atoms with van der Waals surface area (Å²) in [7, 11) is 1.51. The largest absolute Gasteiger partial charge is 0.495 e. The Labute approximate surface area is 117 Å². The number of nitrogens with two attached hydrogens (primary N) is 1. The van der Waals surface area contributed by atoms with Crippen molar-refractivity contribution in [2.45, 2.75) is 19.3 Å². The lowest BCUT2D eigenvalue weighted by Crippen LogP contribution is -2.17. The molecular weight excluding hydrogens is 256 g/mol. The zero-order valence-electron chi connectivity index (χ0n) is 11.4. The smallest absolute Gasteiger partial charge is 0.248 e. The van der Waals surface area contributed by atoms with Gasteiger partial charge in [0.05, 0.1) is 12.8 Å². The van der Waals surface area contributed by atoms with E-state index in [2.05, 4.69) is 17.5 Å². The Morgan fingerprint density at radius 1 is 1.45 bits per heavy atom. The second-order valence-corrected chi connectivity index (χ2v) is 4.80. The van der Waals surface area contributed by atoms with Gasteiger partial charge in [-0.2, -0.15) is 0 Å². The van der Waals surface area contributed by atoms with Crippen molar-refractivity contribution in [3.8, 4) is 5.75 Å². The van der Waals surface area contributed by atoms with E-state index in [1.165, 1.54) is 13.2 Å². The fraction of sp³-hybridized carbons (Fsp3) is 0.333. The first kappa shape index (κ1) is 14.1. The molecule has 5 nitrogen and oxygen atoms in total. The third-order valence-corrected chi connectivity index (χ3v) is 3.32. The van der Waals surface area contributed by atoms with Gasteiger partial charge < -0.3 is 15.8 Å². The molecule has 2 rings (SSSR count). The first-order valence-corrected chi connectivity index (χ1v) is 6.54. The summed E-state index contributed by atoms with van der Waals surface area (Å²) in [5.41, 5.74) is 6.04. The molecule has 0 aliphatic heterocycles. The normalized spacial score (nSPS) is 16.9. The van der Waals surface area contributed by atoms with Crippen molar-refractivity contribution >= 4 is 17.5 Å². The maximum Gasteiger partial charge on any atom is 0.248 e. The number of nitrogens with one attached hydrogen (secondary N) is 1. The third kappa shape index (κ3) is 3.38. The van der Waals surface area contributed by atoms with Crippen LogP contribution in [0.25, 0.3) is 0 Å². The number of hydrogen-bond acceptors (Lipinski definition) is 3. The average molecular weight is 274 g/mol. The van der Waals surface area contributed by atoms with Crippen LogP contribution in [-0.2, 0) is 4.79 Å². The van der Waals surface area contributed by atoms with Crippen LogP contribution in [0.1, 0.15) is 29.6 Å².